The summed E-state index contributed by atoms with van der Waals surface area (Å²) < 4.78 is 0. The zero-order chi connectivity index (χ0) is 12.6. The summed E-state index contributed by atoms with van der Waals surface area (Å²) in [5.74, 6) is 0.753. The second kappa shape index (κ2) is 4.78. The number of nitrogens with one attached hydrogen (secondary N) is 1. The van der Waals surface area contributed by atoms with E-state index >= 15 is 0 Å². The highest BCUT2D eigenvalue weighted by Crippen LogP contribution is 2.30. The molecule has 94 valence electrons. The van der Waals surface area contributed by atoms with E-state index in [2.05, 4.69) is 38.2 Å². The van der Waals surface area contributed by atoms with Crippen LogP contribution in [0.3, 0.4) is 0 Å². The summed E-state index contributed by atoms with van der Waals surface area (Å²) in [6.07, 6.45) is 0.967. The van der Waals surface area contributed by atoms with Crippen molar-refractivity contribution < 1.29 is 4.79 Å². The second-order valence-corrected chi connectivity index (χ2v) is 6.47. The minimum Gasteiger partial charge on any atom is -0.324 e. The molecule has 1 aliphatic rings. The first-order chi connectivity index (χ1) is 7.99. The van der Waals surface area contributed by atoms with Gasteiger partial charge in [-0.05, 0) is 31.4 Å². The van der Waals surface area contributed by atoms with Crippen LogP contribution in [0.2, 0.25) is 0 Å². The third kappa shape index (κ3) is 2.53. The fourth-order valence-corrected chi connectivity index (χ4v) is 3.24. The van der Waals surface area contributed by atoms with E-state index in [0.29, 0.717) is 5.92 Å². The molecule has 0 radical (unpaired) electrons. The van der Waals surface area contributed by atoms with E-state index in [1.807, 2.05) is 11.9 Å². The Morgan fingerprint density at radius 2 is 2.18 bits per heavy atom. The van der Waals surface area contributed by atoms with Crippen molar-refractivity contribution in [2.75, 3.05) is 7.05 Å². The van der Waals surface area contributed by atoms with Gasteiger partial charge in [-0.3, -0.25) is 10.1 Å². The minimum atomic E-state index is -0.0209. The lowest BCUT2D eigenvalue weighted by molar-refractivity contribution is -0.129. The molecule has 1 aromatic heterocycles. The molecule has 0 bridgehead atoms. The Labute approximate surface area is 107 Å². The van der Waals surface area contributed by atoms with Crippen LogP contribution in [0.25, 0.3) is 0 Å². The first-order valence-electron chi connectivity index (χ1n) is 6.08. The Balaban J connectivity index is 2.14. The van der Waals surface area contributed by atoms with Crippen molar-refractivity contribution in [3.8, 4) is 0 Å². The minimum absolute atomic E-state index is 0.0209. The first kappa shape index (κ1) is 12.6. The molecule has 0 spiro atoms. The van der Waals surface area contributed by atoms with Crippen molar-refractivity contribution in [2.45, 2.75) is 39.4 Å². The van der Waals surface area contributed by atoms with Gasteiger partial charge in [0.1, 0.15) is 6.17 Å². The monoisotopic (exact) mass is 252 g/mol. The third-order valence-corrected chi connectivity index (χ3v) is 4.18. The van der Waals surface area contributed by atoms with Gasteiger partial charge >= 0.3 is 0 Å². The van der Waals surface area contributed by atoms with Gasteiger partial charge in [-0.2, -0.15) is 0 Å². The van der Waals surface area contributed by atoms with Gasteiger partial charge in [-0.1, -0.05) is 13.8 Å². The van der Waals surface area contributed by atoms with E-state index < -0.39 is 0 Å². The molecule has 1 aliphatic heterocycles. The molecule has 1 amide bonds. The highest BCUT2D eigenvalue weighted by Gasteiger charge is 2.37. The van der Waals surface area contributed by atoms with E-state index in [9.17, 15) is 4.79 Å². The number of hydrogen-bond donors (Lipinski definition) is 1. The van der Waals surface area contributed by atoms with Crippen molar-refractivity contribution in [1.82, 2.24) is 10.2 Å². The van der Waals surface area contributed by atoms with Gasteiger partial charge in [0.25, 0.3) is 0 Å². The number of nitrogens with zero attached hydrogens (tertiary/aromatic N) is 1. The first-order valence-corrected chi connectivity index (χ1v) is 6.89. The number of rotatable bonds is 3. The van der Waals surface area contributed by atoms with Gasteiger partial charge < -0.3 is 4.90 Å². The van der Waals surface area contributed by atoms with Crippen molar-refractivity contribution in [2.24, 2.45) is 5.92 Å². The fourth-order valence-electron chi connectivity index (χ4n) is 2.26. The maximum absolute atomic E-state index is 12.1. The van der Waals surface area contributed by atoms with Crippen LogP contribution in [0.15, 0.2) is 12.1 Å². The van der Waals surface area contributed by atoms with E-state index in [-0.39, 0.29) is 18.1 Å². The van der Waals surface area contributed by atoms with Crippen molar-refractivity contribution in [3.05, 3.63) is 21.9 Å². The summed E-state index contributed by atoms with van der Waals surface area (Å²) in [7, 11) is 1.88. The maximum atomic E-state index is 12.1. The van der Waals surface area contributed by atoms with Crippen molar-refractivity contribution in [1.29, 1.82) is 0 Å². The number of thiophene rings is 1. The molecule has 0 saturated carbocycles. The zero-order valence-corrected chi connectivity index (χ0v) is 11.7. The van der Waals surface area contributed by atoms with E-state index in [4.69, 9.17) is 0 Å². The molecule has 17 heavy (non-hydrogen) atoms. The SMILES string of the molecule is Cc1ccc(C2NC(CC(C)C)C(=O)N2C)s1. The number of hydrogen-bond acceptors (Lipinski definition) is 3. The van der Waals surface area contributed by atoms with E-state index in [1.165, 1.54) is 9.75 Å². The number of carbonyl (C=O) groups excluding carboxylic acids is 1. The summed E-state index contributed by atoms with van der Waals surface area (Å²) in [4.78, 5) is 16.4. The molecule has 0 aliphatic carbocycles. The highest BCUT2D eigenvalue weighted by atomic mass is 32.1. The molecule has 4 heteroatoms. The molecule has 2 heterocycles. The van der Waals surface area contributed by atoms with Crippen LogP contribution in [0.5, 0.6) is 0 Å². The molecule has 3 nitrogen and oxygen atoms in total. The lowest BCUT2D eigenvalue weighted by Crippen LogP contribution is -2.30. The molecule has 1 N–H and O–H groups in total. The van der Waals surface area contributed by atoms with Crippen LogP contribution >= 0.6 is 11.3 Å². The average Bonchev–Trinajstić information content (AvgIpc) is 2.77. The number of amides is 1. The summed E-state index contributed by atoms with van der Waals surface area (Å²) in [5, 5.41) is 3.44. The van der Waals surface area contributed by atoms with Gasteiger partial charge in [0.15, 0.2) is 0 Å². The standard InChI is InChI=1S/C13H20N2OS/c1-8(2)7-10-13(16)15(4)12(14-10)11-6-5-9(3)17-11/h5-6,8,10,12,14H,7H2,1-4H3. The zero-order valence-electron chi connectivity index (χ0n) is 10.9. The summed E-state index contributed by atoms with van der Waals surface area (Å²) in [5.41, 5.74) is 0. The Hall–Kier alpha value is -0.870. The molecule has 1 fully saturated rings. The van der Waals surface area contributed by atoms with Crippen molar-refractivity contribution >= 4 is 17.2 Å². The normalized spacial score (nSPS) is 25.0. The van der Waals surface area contributed by atoms with Gasteiger partial charge in [-0.15, -0.1) is 11.3 Å². The van der Waals surface area contributed by atoms with Gasteiger partial charge in [0.2, 0.25) is 5.91 Å². The topological polar surface area (TPSA) is 32.3 Å². The second-order valence-electron chi connectivity index (χ2n) is 5.15. The molecule has 2 unspecified atom stereocenters. The van der Waals surface area contributed by atoms with Crippen LogP contribution in [-0.4, -0.2) is 23.9 Å². The summed E-state index contributed by atoms with van der Waals surface area (Å²) >= 11 is 1.76. The van der Waals surface area contributed by atoms with E-state index in [1.54, 1.807) is 11.3 Å². The van der Waals surface area contributed by atoms with Crippen molar-refractivity contribution in [3.63, 3.8) is 0 Å². The predicted octanol–water partition coefficient (Wildman–Crippen LogP) is 2.53. The Morgan fingerprint density at radius 1 is 1.47 bits per heavy atom. The van der Waals surface area contributed by atoms with Gasteiger partial charge in [0.05, 0.1) is 6.04 Å². The number of aryl methyl sites for hydroxylation is 1. The van der Waals surface area contributed by atoms with Gasteiger partial charge in [0, 0.05) is 16.8 Å². The smallest absolute Gasteiger partial charge is 0.241 e. The number of carbonyl (C=O) groups is 1. The molecule has 0 aromatic carbocycles. The molecule has 1 saturated heterocycles. The molecule has 1 aromatic rings. The fraction of sp³-hybridized carbons (Fsp3) is 0.615. The lowest BCUT2D eigenvalue weighted by Gasteiger charge is -2.17. The summed E-state index contributed by atoms with van der Waals surface area (Å²) in [6, 6.07) is 4.20. The molecule has 2 atom stereocenters. The number of likely N-dealkylation sites (N-methyl/N-ethyl adjacent to an activating group) is 1. The quantitative estimate of drug-likeness (QED) is 0.896. The molecule has 2 rings (SSSR count). The Bertz CT molecular complexity index is 413. The maximum Gasteiger partial charge on any atom is 0.241 e. The van der Waals surface area contributed by atoms with Crippen LogP contribution in [0.1, 0.15) is 36.2 Å². The predicted molar refractivity (Wildman–Crippen MR) is 70.9 cm³/mol. The Kier molecular flexibility index (Phi) is 3.54. The van der Waals surface area contributed by atoms with Crippen LogP contribution in [-0.2, 0) is 4.79 Å². The van der Waals surface area contributed by atoms with E-state index in [0.717, 1.165) is 6.42 Å². The third-order valence-electron chi connectivity index (χ3n) is 3.13. The lowest BCUT2D eigenvalue weighted by atomic mass is 10.0. The highest BCUT2D eigenvalue weighted by molar-refractivity contribution is 7.12. The average molecular weight is 252 g/mol. The van der Waals surface area contributed by atoms with Crippen LogP contribution in [0, 0.1) is 12.8 Å². The Morgan fingerprint density at radius 3 is 2.71 bits per heavy atom. The van der Waals surface area contributed by atoms with Crippen LogP contribution in [0.4, 0.5) is 0 Å². The van der Waals surface area contributed by atoms with Crippen LogP contribution < -0.4 is 5.32 Å². The van der Waals surface area contributed by atoms with Gasteiger partial charge in [-0.25, -0.2) is 0 Å². The summed E-state index contributed by atoms with van der Waals surface area (Å²) in [6.45, 7) is 6.39. The molecular formula is C13H20N2OS. The molecular weight excluding hydrogens is 232 g/mol. The largest absolute Gasteiger partial charge is 0.324 e.